The van der Waals surface area contributed by atoms with Crippen molar-refractivity contribution in [3.8, 4) is 5.75 Å². The van der Waals surface area contributed by atoms with Crippen LogP contribution in [0.25, 0.3) is 0 Å². The number of rotatable bonds is 7. The Morgan fingerprint density at radius 1 is 1.12 bits per heavy atom. The summed E-state index contributed by atoms with van der Waals surface area (Å²) in [6, 6.07) is 9.12. The highest BCUT2D eigenvalue weighted by Crippen LogP contribution is 2.50. The van der Waals surface area contributed by atoms with E-state index in [-0.39, 0.29) is 34.1 Å². The molecule has 2 aromatic heterocycles. The molecule has 0 saturated carbocycles. The third-order valence-corrected chi connectivity index (χ3v) is 5.61. The van der Waals surface area contributed by atoms with Gasteiger partial charge in [0.05, 0.1) is 11.3 Å². The number of aromatic nitrogens is 2. The van der Waals surface area contributed by atoms with Crippen LogP contribution in [0.5, 0.6) is 5.75 Å². The molecule has 2 heterocycles. The van der Waals surface area contributed by atoms with E-state index in [4.69, 9.17) is 21.4 Å². The Kier molecular flexibility index (Phi) is 6.94. The van der Waals surface area contributed by atoms with Gasteiger partial charge in [-0.25, -0.2) is 4.79 Å². The molecule has 2 atom stereocenters. The molecule has 0 radical (unpaired) electrons. The fourth-order valence-electron chi connectivity index (χ4n) is 3.46. The van der Waals surface area contributed by atoms with Crippen molar-refractivity contribution >= 4 is 17.6 Å². The number of ether oxygens (including phenoxy) is 1. The molecule has 3 rings (SSSR count). The lowest BCUT2D eigenvalue weighted by molar-refractivity contribution is -0.274. The number of carbonyl (C=O) groups is 1. The van der Waals surface area contributed by atoms with Gasteiger partial charge >= 0.3 is 12.1 Å². The fourth-order valence-corrected chi connectivity index (χ4v) is 3.80. The van der Waals surface area contributed by atoms with E-state index in [0.717, 1.165) is 6.07 Å². The molecule has 0 aliphatic heterocycles. The summed E-state index contributed by atoms with van der Waals surface area (Å²) < 4.78 is 47.8. The van der Waals surface area contributed by atoms with E-state index in [2.05, 4.69) is 9.97 Å². The van der Waals surface area contributed by atoms with Crippen molar-refractivity contribution in [2.75, 3.05) is 0 Å². The fraction of sp³-hybridized carbons (Fsp3) is 0.261. The highest BCUT2D eigenvalue weighted by molar-refractivity contribution is 6.31. The standard InChI is InChI=1S/C23H20ClF3N2O4/c1-13-9-16(6-8-28-13)22(32,23(25,26)27)14(2)19-4-3-18(11-20(19)24)33-12-17-10-15(21(30)31)5-7-29-17/h3-11,14,32H,12H2,1-2H3,(H,30,31). The Hall–Kier alpha value is -3.17. The molecular weight excluding hydrogens is 461 g/mol. The van der Waals surface area contributed by atoms with E-state index < -0.39 is 23.7 Å². The molecular formula is C23H20ClF3N2O4. The molecule has 0 spiro atoms. The third kappa shape index (κ3) is 5.09. The first kappa shape index (κ1) is 24.5. The quantitative estimate of drug-likeness (QED) is 0.478. The first-order chi connectivity index (χ1) is 15.4. The lowest BCUT2D eigenvalue weighted by Crippen LogP contribution is -2.46. The van der Waals surface area contributed by atoms with Gasteiger partial charge in [0.25, 0.3) is 0 Å². The maximum atomic E-state index is 14.1. The van der Waals surface area contributed by atoms with Gasteiger partial charge < -0.3 is 14.9 Å². The first-order valence-corrected chi connectivity index (χ1v) is 10.1. The summed E-state index contributed by atoms with van der Waals surface area (Å²) >= 11 is 6.28. The molecule has 0 saturated heterocycles. The van der Waals surface area contributed by atoms with Gasteiger partial charge in [0.1, 0.15) is 12.4 Å². The molecule has 1 aromatic carbocycles. The maximum absolute atomic E-state index is 14.1. The summed E-state index contributed by atoms with van der Waals surface area (Å²) in [5.41, 5.74) is -2.74. The van der Waals surface area contributed by atoms with Gasteiger partial charge in [-0.2, -0.15) is 13.2 Å². The van der Waals surface area contributed by atoms with Gasteiger partial charge in [-0.15, -0.1) is 0 Å². The minimum Gasteiger partial charge on any atom is -0.487 e. The van der Waals surface area contributed by atoms with Crippen LogP contribution in [0.1, 0.15) is 45.7 Å². The van der Waals surface area contributed by atoms with Crippen molar-refractivity contribution in [3.05, 3.63) is 88.0 Å². The molecule has 174 valence electrons. The minimum atomic E-state index is -4.99. The van der Waals surface area contributed by atoms with E-state index in [9.17, 15) is 23.1 Å². The second-order valence-corrected chi connectivity index (χ2v) is 7.89. The van der Waals surface area contributed by atoms with Crippen molar-refractivity contribution in [3.63, 3.8) is 0 Å². The average molecular weight is 481 g/mol. The monoisotopic (exact) mass is 480 g/mol. The van der Waals surface area contributed by atoms with Crippen LogP contribution in [0.15, 0.2) is 54.9 Å². The second-order valence-electron chi connectivity index (χ2n) is 7.48. The number of carboxylic acid groups (broad SMARTS) is 1. The number of hydrogen-bond acceptors (Lipinski definition) is 5. The van der Waals surface area contributed by atoms with Crippen LogP contribution >= 0.6 is 11.6 Å². The van der Waals surface area contributed by atoms with E-state index in [1.54, 1.807) is 0 Å². The molecule has 0 amide bonds. The van der Waals surface area contributed by atoms with E-state index in [1.165, 1.54) is 62.6 Å². The summed E-state index contributed by atoms with van der Waals surface area (Å²) in [5, 5.41) is 19.9. The third-order valence-electron chi connectivity index (χ3n) is 5.28. The maximum Gasteiger partial charge on any atom is 0.422 e. The molecule has 10 heteroatoms. The first-order valence-electron chi connectivity index (χ1n) is 9.76. The number of halogens is 4. The SMILES string of the molecule is Cc1cc(C(O)(C(C)c2ccc(OCc3cc(C(=O)O)ccn3)cc2Cl)C(F)(F)F)ccn1. The van der Waals surface area contributed by atoms with Gasteiger partial charge in [-0.05, 0) is 54.4 Å². The topological polar surface area (TPSA) is 92.5 Å². The zero-order valence-corrected chi connectivity index (χ0v) is 18.4. The van der Waals surface area contributed by atoms with E-state index in [1.807, 2.05) is 0 Å². The summed E-state index contributed by atoms with van der Waals surface area (Å²) in [4.78, 5) is 19.0. The number of aliphatic hydroxyl groups is 1. The van der Waals surface area contributed by atoms with Crippen molar-refractivity contribution < 1.29 is 32.9 Å². The Morgan fingerprint density at radius 2 is 1.82 bits per heavy atom. The van der Waals surface area contributed by atoms with Gasteiger partial charge in [0.15, 0.2) is 5.60 Å². The number of hydrogen-bond donors (Lipinski definition) is 2. The number of benzene rings is 1. The van der Waals surface area contributed by atoms with Gasteiger partial charge in [-0.3, -0.25) is 9.97 Å². The van der Waals surface area contributed by atoms with Crippen molar-refractivity contribution in [1.82, 2.24) is 9.97 Å². The van der Waals surface area contributed by atoms with Crippen molar-refractivity contribution in [1.29, 1.82) is 0 Å². The Morgan fingerprint density at radius 3 is 2.42 bits per heavy atom. The minimum absolute atomic E-state index is 0.0271. The number of alkyl halides is 3. The van der Waals surface area contributed by atoms with Gasteiger partial charge in [0.2, 0.25) is 0 Å². The molecule has 0 fully saturated rings. The van der Waals surface area contributed by atoms with Crippen LogP contribution in [-0.2, 0) is 12.2 Å². The lowest BCUT2D eigenvalue weighted by atomic mass is 9.78. The van der Waals surface area contributed by atoms with Crippen molar-refractivity contribution in [2.45, 2.75) is 38.1 Å². The van der Waals surface area contributed by atoms with Crippen LogP contribution < -0.4 is 4.74 Å². The summed E-state index contributed by atoms with van der Waals surface area (Å²) in [6.45, 7) is 2.70. The number of carboxylic acids is 1. The van der Waals surface area contributed by atoms with Crippen LogP contribution in [0.4, 0.5) is 13.2 Å². The highest BCUT2D eigenvalue weighted by atomic mass is 35.5. The zero-order chi connectivity index (χ0) is 24.4. The van der Waals surface area contributed by atoms with Crippen molar-refractivity contribution in [2.24, 2.45) is 0 Å². The van der Waals surface area contributed by atoms with Crippen LogP contribution in [0.2, 0.25) is 5.02 Å². The Labute approximate surface area is 192 Å². The van der Waals surface area contributed by atoms with E-state index in [0.29, 0.717) is 11.4 Å². The van der Waals surface area contributed by atoms with E-state index >= 15 is 0 Å². The number of aromatic carboxylic acids is 1. The molecule has 0 aliphatic rings. The predicted molar refractivity (Wildman–Crippen MR) is 114 cm³/mol. The van der Waals surface area contributed by atoms with Gasteiger partial charge in [0, 0.05) is 29.0 Å². The van der Waals surface area contributed by atoms with Crippen LogP contribution in [0, 0.1) is 6.92 Å². The summed E-state index contributed by atoms with van der Waals surface area (Å²) in [5.74, 6) is -2.31. The smallest absolute Gasteiger partial charge is 0.422 e. The molecule has 3 aromatic rings. The molecule has 0 aliphatic carbocycles. The molecule has 0 bridgehead atoms. The molecule has 33 heavy (non-hydrogen) atoms. The largest absolute Gasteiger partial charge is 0.487 e. The van der Waals surface area contributed by atoms with Gasteiger partial charge in [-0.1, -0.05) is 24.6 Å². The second kappa shape index (κ2) is 9.36. The molecule has 6 nitrogen and oxygen atoms in total. The Balaban J connectivity index is 1.87. The Bertz CT molecular complexity index is 1170. The van der Waals surface area contributed by atoms with Crippen LogP contribution in [0.3, 0.4) is 0 Å². The number of pyridine rings is 2. The number of nitrogens with zero attached hydrogens (tertiary/aromatic N) is 2. The number of aryl methyl sites for hydroxylation is 1. The molecule has 2 N–H and O–H groups in total. The summed E-state index contributed by atoms with van der Waals surface area (Å²) in [6.07, 6.45) is -2.45. The summed E-state index contributed by atoms with van der Waals surface area (Å²) in [7, 11) is 0. The average Bonchev–Trinajstić information content (AvgIpc) is 2.76. The normalized spacial score (nSPS) is 14.4. The predicted octanol–water partition coefficient (Wildman–Crippen LogP) is 5.27. The highest BCUT2D eigenvalue weighted by Gasteiger charge is 2.59. The molecule has 2 unspecified atom stereocenters. The lowest BCUT2D eigenvalue weighted by Gasteiger charge is -2.37. The van der Waals surface area contributed by atoms with Crippen LogP contribution in [-0.4, -0.2) is 32.3 Å². The zero-order valence-electron chi connectivity index (χ0n) is 17.6.